The summed E-state index contributed by atoms with van der Waals surface area (Å²) >= 11 is 5.93. The van der Waals surface area contributed by atoms with Gasteiger partial charge in [-0.3, -0.25) is 0 Å². The number of ether oxygens (including phenoxy) is 1. The highest BCUT2D eigenvalue weighted by Crippen LogP contribution is 2.22. The number of anilines is 1. The van der Waals surface area contributed by atoms with Crippen LogP contribution >= 0.6 is 11.6 Å². The predicted octanol–water partition coefficient (Wildman–Crippen LogP) is 3.88. The van der Waals surface area contributed by atoms with Crippen LogP contribution in [-0.4, -0.2) is 13.1 Å². The molecule has 0 unspecified atom stereocenters. The van der Waals surface area contributed by atoms with Gasteiger partial charge in [0.1, 0.15) is 5.82 Å². The lowest BCUT2D eigenvalue weighted by atomic mass is 10.1. The molecular formula is C15H13ClFNO2. The lowest BCUT2D eigenvalue weighted by Crippen LogP contribution is -2.08. The molecule has 2 aromatic rings. The highest BCUT2D eigenvalue weighted by atomic mass is 35.5. The van der Waals surface area contributed by atoms with Crippen LogP contribution in [0.5, 0.6) is 0 Å². The van der Waals surface area contributed by atoms with E-state index in [1.807, 2.05) is 0 Å². The third-order valence-corrected chi connectivity index (χ3v) is 3.02. The van der Waals surface area contributed by atoms with Crippen LogP contribution in [0.1, 0.15) is 15.9 Å². The molecule has 0 amide bonds. The lowest BCUT2D eigenvalue weighted by molar-refractivity contribution is 0.0602. The first kappa shape index (κ1) is 14.3. The van der Waals surface area contributed by atoms with Crippen molar-refractivity contribution in [3.8, 4) is 0 Å². The van der Waals surface area contributed by atoms with Crippen LogP contribution in [0, 0.1) is 5.82 Å². The summed E-state index contributed by atoms with van der Waals surface area (Å²) in [5.41, 5.74) is 1.87. The summed E-state index contributed by atoms with van der Waals surface area (Å²) in [4.78, 5) is 11.6. The molecule has 0 heterocycles. The van der Waals surface area contributed by atoms with Crippen LogP contribution in [-0.2, 0) is 11.3 Å². The van der Waals surface area contributed by atoms with Crippen LogP contribution in [0.25, 0.3) is 0 Å². The molecule has 0 saturated carbocycles. The molecule has 0 fully saturated rings. The van der Waals surface area contributed by atoms with E-state index >= 15 is 0 Å². The number of halogens is 2. The maximum Gasteiger partial charge on any atom is 0.339 e. The number of esters is 1. The zero-order chi connectivity index (χ0) is 14.5. The molecule has 0 saturated heterocycles. The minimum atomic E-state index is -0.441. The summed E-state index contributed by atoms with van der Waals surface area (Å²) in [5.74, 6) is -0.727. The molecule has 0 atom stereocenters. The van der Waals surface area contributed by atoms with Gasteiger partial charge in [-0.25, -0.2) is 9.18 Å². The molecule has 0 aromatic heterocycles. The molecule has 0 radical (unpaired) electrons. The third-order valence-electron chi connectivity index (χ3n) is 2.78. The van der Waals surface area contributed by atoms with Gasteiger partial charge in [-0.15, -0.1) is 0 Å². The molecule has 2 rings (SSSR count). The van der Waals surface area contributed by atoms with E-state index in [0.717, 1.165) is 5.56 Å². The largest absolute Gasteiger partial charge is 0.465 e. The number of nitrogens with one attached hydrogen (secondary N) is 1. The van der Waals surface area contributed by atoms with E-state index in [4.69, 9.17) is 16.3 Å². The molecular weight excluding hydrogens is 281 g/mol. The molecule has 0 aliphatic rings. The van der Waals surface area contributed by atoms with Crippen LogP contribution in [0.3, 0.4) is 0 Å². The standard InChI is InChI=1S/C15H13ClFNO2/c1-20-15(19)13-7-4-11(16)8-14(13)18-9-10-2-5-12(17)6-3-10/h2-8,18H,9H2,1H3. The van der Waals surface area contributed by atoms with Crippen molar-refractivity contribution in [2.24, 2.45) is 0 Å². The summed E-state index contributed by atoms with van der Waals surface area (Å²) in [5, 5.41) is 3.61. The molecule has 20 heavy (non-hydrogen) atoms. The summed E-state index contributed by atoms with van der Waals surface area (Å²) in [7, 11) is 1.32. The Morgan fingerprint density at radius 3 is 2.60 bits per heavy atom. The zero-order valence-corrected chi connectivity index (χ0v) is 11.6. The number of benzene rings is 2. The van der Waals surface area contributed by atoms with Gasteiger partial charge in [-0.1, -0.05) is 23.7 Å². The summed E-state index contributed by atoms with van der Waals surface area (Å²) in [6.45, 7) is 0.449. The topological polar surface area (TPSA) is 38.3 Å². The van der Waals surface area contributed by atoms with E-state index in [2.05, 4.69) is 5.32 Å². The first-order valence-corrected chi connectivity index (χ1v) is 6.34. The van der Waals surface area contributed by atoms with Crippen LogP contribution < -0.4 is 5.32 Å². The Bertz CT molecular complexity index is 614. The average Bonchev–Trinajstić information content (AvgIpc) is 2.46. The van der Waals surface area contributed by atoms with Crippen molar-refractivity contribution in [2.75, 3.05) is 12.4 Å². The highest BCUT2D eigenvalue weighted by molar-refractivity contribution is 6.31. The molecule has 3 nitrogen and oxygen atoms in total. The maximum absolute atomic E-state index is 12.8. The van der Waals surface area contributed by atoms with Gasteiger partial charge in [-0.05, 0) is 35.9 Å². The minimum Gasteiger partial charge on any atom is -0.465 e. The van der Waals surface area contributed by atoms with Crippen molar-refractivity contribution in [1.82, 2.24) is 0 Å². The average molecular weight is 294 g/mol. The number of carbonyl (C=O) groups excluding carboxylic acids is 1. The van der Waals surface area contributed by atoms with E-state index < -0.39 is 5.97 Å². The van der Waals surface area contributed by atoms with Crippen molar-refractivity contribution in [2.45, 2.75) is 6.54 Å². The van der Waals surface area contributed by atoms with Gasteiger partial charge in [0.05, 0.1) is 18.4 Å². The van der Waals surface area contributed by atoms with Gasteiger partial charge in [0.25, 0.3) is 0 Å². The van der Waals surface area contributed by atoms with Gasteiger partial charge in [0.15, 0.2) is 0 Å². The zero-order valence-electron chi connectivity index (χ0n) is 10.8. The highest BCUT2D eigenvalue weighted by Gasteiger charge is 2.12. The Morgan fingerprint density at radius 1 is 1.25 bits per heavy atom. The maximum atomic E-state index is 12.8. The van der Waals surface area contributed by atoms with Crippen molar-refractivity contribution in [1.29, 1.82) is 0 Å². The van der Waals surface area contributed by atoms with Gasteiger partial charge < -0.3 is 10.1 Å². The van der Waals surface area contributed by atoms with E-state index in [1.54, 1.807) is 30.3 Å². The predicted molar refractivity (Wildman–Crippen MR) is 76.5 cm³/mol. The first-order chi connectivity index (χ1) is 9.60. The number of carbonyl (C=O) groups is 1. The van der Waals surface area contributed by atoms with Gasteiger partial charge in [0.2, 0.25) is 0 Å². The lowest BCUT2D eigenvalue weighted by Gasteiger charge is -2.11. The molecule has 0 spiro atoms. The molecule has 0 aliphatic heterocycles. The summed E-state index contributed by atoms with van der Waals surface area (Å²) < 4.78 is 17.5. The van der Waals surface area contributed by atoms with Crippen molar-refractivity contribution in [3.05, 3.63) is 64.4 Å². The fraction of sp³-hybridized carbons (Fsp3) is 0.133. The number of methoxy groups -OCH3 is 1. The Morgan fingerprint density at radius 2 is 1.95 bits per heavy atom. The Balaban J connectivity index is 2.17. The van der Waals surface area contributed by atoms with Crippen molar-refractivity contribution >= 4 is 23.3 Å². The van der Waals surface area contributed by atoms with Crippen molar-refractivity contribution < 1.29 is 13.9 Å². The second-order valence-electron chi connectivity index (χ2n) is 4.16. The van der Waals surface area contributed by atoms with E-state index in [9.17, 15) is 9.18 Å². The first-order valence-electron chi connectivity index (χ1n) is 5.96. The monoisotopic (exact) mass is 293 g/mol. The van der Waals surface area contributed by atoms with Gasteiger partial charge in [-0.2, -0.15) is 0 Å². The number of hydrogen-bond acceptors (Lipinski definition) is 3. The molecule has 1 N–H and O–H groups in total. The smallest absolute Gasteiger partial charge is 0.339 e. The van der Waals surface area contributed by atoms with Crippen molar-refractivity contribution in [3.63, 3.8) is 0 Å². The van der Waals surface area contributed by atoms with E-state index in [-0.39, 0.29) is 5.82 Å². The van der Waals surface area contributed by atoms with E-state index in [1.165, 1.54) is 19.2 Å². The second-order valence-corrected chi connectivity index (χ2v) is 4.60. The molecule has 5 heteroatoms. The number of hydrogen-bond donors (Lipinski definition) is 1. The molecule has 0 aliphatic carbocycles. The Kier molecular flexibility index (Phi) is 4.58. The fourth-order valence-corrected chi connectivity index (χ4v) is 1.92. The summed E-state index contributed by atoms with van der Waals surface area (Å²) in [6.07, 6.45) is 0. The van der Waals surface area contributed by atoms with E-state index in [0.29, 0.717) is 22.8 Å². The van der Waals surface area contributed by atoms with Gasteiger partial charge >= 0.3 is 5.97 Å². The molecule has 104 valence electrons. The molecule has 0 bridgehead atoms. The third kappa shape index (κ3) is 3.48. The van der Waals surface area contributed by atoms with Crippen LogP contribution in [0.2, 0.25) is 5.02 Å². The second kappa shape index (κ2) is 6.39. The van der Waals surface area contributed by atoms with Crippen LogP contribution in [0.4, 0.5) is 10.1 Å². The van der Waals surface area contributed by atoms with Crippen LogP contribution in [0.15, 0.2) is 42.5 Å². The molecule has 2 aromatic carbocycles. The summed E-state index contributed by atoms with van der Waals surface area (Å²) in [6, 6.07) is 11.0. The Labute approximate surface area is 121 Å². The minimum absolute atomic E-state index is 0.285. The number of rotatable bonds is 4. The van der Waals surface area contributed by atoms with Gasteiger partial charge in [0, 0.05) is 11.6 Å². The SMILES string of the molecule is COC(=O)c1ccc(Cl)cc1NCc1ccc(F)cc1. The quantitative estimate of drug-likeness (QED) is 0.870. The fourth-order valence-electron chi connectivity index (χ4n) is 1.75. The normalized spacial score (nSPS) is 10.2. The Hall–Kier alpha value is -2.07.